The number of benzene rings is 8. The normalized spacial score (nSPS) is 13.7. The second-order valence-electron chi connectivity index (χ2n) is 13.4. The minimum atomic E-state index is 0.130. The van der Waals surface area contributed by atoms with Crippen molar-refractivity contribution in [1.29, 1.82) is 0 Å². The van der Waals surface area contributed by atoms with Gasteiger partial charge in [-0.3, -0.25) is 0 Å². The second-order valence-corrected chi connectivity index (χ2v) is 13.4. The predicted molar refractivity (Wildman–Crippen MR) is 208 cm³/mol. The Kier molecular flexibility index (Phi) is 5.39. The SMILES string of the molecule is C=C/C=C\C.c1ccc2c(c1)Oc1cccc3c1B2c1ccc2cc4c5c(ccc6cc-3c1c2c65)-c1cccc2c1B4c1ccccc1O2. The van der Waals surface area contributed by atoms with Gasteiger partial charge in [0.15, 0.2) is 0 Å². The maximum absolute atomic E-state index is 6.51. The lowest BCUT2D eigenvalue weighted by atomic mass is 9.32. The van der Waals surface area contributed by atoms with E-state index < -0.39 is 0 Å². The molecule has 0 amide bonds. The van der Waals surface area contributed by atoms with Crippen LogP contribution in [0.5, 0.6) is 23.0 Å². The monoisotopic (exact) mass is 622 g/mol. The van der Waals surface area contributed by atoms with Crippen LogP contribution in [0.2, 0.25) is 0 Å². The average Bonchev–Trinajstić information content (AvgIpc) is 3.15. The number of rotatable bonds is 1. The fraction of sp³-hybridized carbons (Fsp3) is 0.0222. The first kappa shape index (κ1) is 27.0. The van der Waals surface area contributed by atoms with Gasteiger partial charge in [-0.2, -0.15) is 0 Å². The molecular formula is C45H28B2O2. The second kappa shape index (κ2) is 9.78. The number of ether oxygens (including phenoxy) is 2. The Morgan fingerprint density at radius 1 is 0.469 bits per heavy atom. The minimum absolute atomic E-state index is 0.130. The molecule has 8 aromatic carbocycles. The Bertz CT molecular complexity index is 2770. The van der Waals surface area contributed by atoms with Crippen LogP contribution < -0.4 is 42.3 Å². The Labute approximate surface area is 285 Å². The fourth-order valence-electron chi connectivity index (χ4n) is 9.28. The lowest BCUT2D eigenvalue weighted by Crippen LogP contribution is -2.58. The van der Waals surface area contributed by atoms with E-state index in [4.69, 9.17) is 9.47 Å². The van der Waals surface area contributed by atoms with Crippen molar-refractivity contribution in [3.63, 3.8) is 0 Å². The van der Waals surface area contributed by atoms with E-state index in [1.54, 1.807) is 6.08 Å². The summed E-state index contributed by atoms with van der Waals surface area (Å²) < 4.78 is 13.0. The molecule has 4 heterocycles. The molecule has 4 aliphatic heterocycles. The molecule has 0 saturated carbocycles. The number of hydrogen-bond donors (Lipinski definition) is 0. The molecule has 0 saturated heterocycles. The van der Waals surface area contributed by atoms with Crippen molar-refractivity contribution in [2.45, 2.75) is 6.92 Å². The Balaban J connectivity index is 0.000000545. The maximum atomic E-state index is 6.51. The third-order valence-electron chi connectivity index (χ3n) is 11.1. The number of hydrogen-bond acceptors (Lipinski definition) is 2. The zero-order valence-corrected chi connectivity index (χ0v) is 27.0. The van der Waals surface area contributed by atoms with E-state index in [1.807, 2.05) is 19.1 Å². The fourth-order valence-corrected chi connectivity index (χ4v) is 9.28. The van der Waals surface area contributed by atoms with Gasteiger partial charge in [-0.05, 0) is 114 Å². The predicted octanol–water partition coefficient (Wildman–Crippen LogP) is 7.54. The van der Waals surface area contributed by atoms with Crippen LogP contribution in [-0.4, -0.2) is 13.4 Å². The number of fused-ring (bicyclic) bond motifs is 8. The quantitative estimate of drug-likeness (QED) is 0.107. The van der Waals surface area contributed by atoms with E-state index in [0.29, 0.717) is 0 Å². The lowest BCUT2D eigenvalue weighted by molar-refractivity contribution is 0.487. The van der Waals surface area contributed by atoms with Crippen LogP contribution in [0.15, 0.2) is 146 Å². The molecule has 0 unspecified atom stereocenters. The van der Waals surface area contributed by atoms with Gasteiger partial charge in [0.05, 0.1) is 0 Å². The summed E-state index contributed by atoms with van der Waals surface area (Å²) in [5, 5.41) is 8.14. The van der Waals surface area contributed by atoms with Gasteiger partial charge in [0, 0.05) is 0 Å². The maximum Gasteiger partial charge on any atom is 0.252 e. The molecule has 4 aliphatic rings. The van der Waals surface area contributed by atoms with Crippen molar-refractivity contribution in [2.75, 3.05) is 0 Å². The first-order chi connectivity index (χ1) is 24.2. The summed E-state index contributed by atoms with van der Waals surface area (Å²) >= 11 is 0. The van der Waals surface area contributed by atoms with Gasteiger partial charge in [0.25, 0.3) is 13.4 Å². The Hall–Kier alpha value is -5.99. The third-order valence-corrected chi connectivity index (χ3v) is 11.1. The van der Waals surface area contributed by atoms with E-state index in [9.17, 15) is 0 Å². The van der Waals surface area contributed by atoms with Crippen molar-refractivity contribution in [1.82, 2.24) is 0 Å². The van der Waals surface area contributed by atoms with Crippen LogP contribution in [0, 0.1) is 0 Å². The van der Waals surface area contributed by atoms with Gasteiger partial charge >= 0.3 is 0 Å². The highest BCUT2D eigenvalue weighted by atomic mass is 16.5. The zero-order chi connectivity index (χ0) is 32.4. The van der Waals surface area contributed by atoms with Crippen molar-refractivity contribution >= 4 is 78.5 Å². The average molecular weight is 622 g/mol. The molecule has 0 N–H and O–H groups in total. The molecule has 0 bridgehead atoms. The topological polar surface area (TPSA) is 18.5 Å². The minimum Gasteiger partial charge on any atom is -0.458 e. The highest BCUT2D eigenvalue weighted by molar-refractivity contribution is 7.01. The third kappa shape index (κ3) is 3.43. The summed E-state index contributed by atoms with van der Waals surface area (Å²) in [6.07, 6.45) is 5.58. The molecule has 49 heavy (non-hydrogen) atoms. The molecule has 2 nitrogen and oxygen atoms in total. The highest BCUT2D eigenvalue weighted by Gasteiger charge is 2.42. The largest absolute Gasteiger partial charge is 0.458 e. The van der Waals surface area contributed by atoms with Gasteiger partial charge in [-0.15, -0.1) is 0 Å². The van der Waals surface area contributed by atoms with E-state index in [1.165, 1.54) is 87.3 Å². The number of allylic oxidation sites excluding steroid dienone is 3. The molecule has 0 atom stereocenters. The molecule has 0 spiro atoms. The van der Waals surface area contributed by atoms with Gasteiger partial charge in [0.1, 0.15) is 23.0 Å². The van der Waals surface area contributed by atoms with E-state index in [-0.39, 0.29) is 13.4 Å². The summed E-state index contributed by atoms with van der Waals surface area (Å²) in [5.74, 6) is 3.86. The van der Waals surface area contributed by atoms with Gasteiger partial charge in [0.2, 0.25) is 0 Å². The van der Waals surface area contributed by atoms with E-state index in [0.717, 1.165) is 23.0 Å². The first-order valence-corrected chi connectivity index (χ1v) is 17.1. The molecule has 12 rings (SSSR count). The van der Waals surface area contributed by atoms with Crippen LogP contribution in [-0.2, 0) is 0 Å². The first-order valence-electron chi connectivity index (χ1n) is 17.1. The van der Waals surface area contributed by atoms with Crippen LogP contribution in [0.1, 0.15) is 6.92 Å². The van der Waals surface area contributed by atoms with Crippen LogP contribution in [0.4, 0.5) is 0 Å². The van der Waals surface area contributed by atoms with Crippen molar-refractivity contribution in [3.8, 4) is 45.3 Å². The van der Waals surface area contributed by atoms with E-state index >= 15 is 0 Å². The molecule has 0 aromatic heterocycles. The van der Waals surface area contributed by atoms with Crippen LogP contribution >= 0.6 is 0 Å². The summed E-state index contributed by atoms with van der Waals surface area (Å²) in [4.78, 5) is 0. The summed E-state index contributed by atoms with van der Waals surface area (Å²) in [6, 6.07) is 44.7. The molecule has 226 valence electrons. The molecule has 4 heteroatoms. The summed E-state index contributed by atoms with van der Waals surface area (Å²) in [5.41, 5.74) is 13.0. The van der Waals surface area contributed by atoms with Crippen LogP contribution in [0.3, 0.4) is 0 Å². The number of para-hydroxylation sites is 2. The van der Waals surface area contributed by atoms with Crippen molar-refractivity contribution < 1.29 is 9.47 Å². The lowest BCUT2D eigenvalue weighted by Gasteiger charge is -2.36. The van der Waals surface area contributed by atoms with Crippen molar-refractivity contribution in [2.24, 2.45) is 0 Å². The summed E-state index contributed by atoms with van der Waals surface area (Å²) in [7, 11) is 0. The van der Waals surface area contributed by atoms with Crippen LogP contribution in [0.25, 0.3) is 54.6 Å². The molecule has 0 aliphatic carbocycles. The Morgan fingerprint density at radius 3 is 1.65 bits per heavy atom. The summed E-state index contributed by atoms with van der Waals surface area (Å²) in [6.45, 7) is 5.69. The highest BCUT2D eigenvalue weighted by Crippen LogP contribution is 2.46. The molecule has 0 fully saturated rings. The van der Waals surface area contributed by atoms with E-state index in [2.05, 4.69) is 128 Å². The smallest absolute Gasteiger partial charge is 0.252 e. The molecule has 0 radical (unpaired) electrons. The van der Waals surface area contributed by atoms with Gasteiger partial charge in [-0.25, -0.2) is 0 Å². The van der Waals surface area contributed by atoms with Gasteiger partial charge < -0.3 is 9.47 Å². The Morgan fingerprint density at radius 2 is 1.02 bits per heavy atom. The molecular weight excluding hydrogens is 594 g/mol. The zero-order valence-electron chi connectivity index (χ0n) is 27.0. The standard InChI is InChI=1S/C40H20B2O2.C5H8/c1-3-11-31-27(9-1)41-29-18-16-22-20-30-37-23(24-7-5-13-33-39(24)42(30)28-10-2-4-12-32(28)44-33)17-15-21-19-26(38(29)36(22)35(21)37)25-8-6-14-34(43-31)40(25)41;1-3-5-4-2/h1-20H;3-5H,1H2,2H3/b;5-4-. The molecule has 8 aromatic rings. The van der Waals surface area contributed by atoms with Gasteiger partial charge in [-0.1, -0.05) is 127 Å². The van der Waals surface area contributed by atoms with Crippen molar-refractivity contribution in [3.05, 3.63) is 146 Å².